The number of rotatable bonds is 2. The molecule has 1 aromatic rings. The SMILES string of the molecule is OCC1COC(c2ccccc2F)CN1. The van der Waals surface area contributed by atoms with Gasteiger partial charge in [0.15, 0.2) is 0 Å². The molecule has 2 atom stereocenters. The van der Waals surface area contributed by atoms with E-state index in [1.54, 1.807) is 18.2 Å². The number of hydrogen-bond donors (Lipinski definition) is 2. The fraction of sp³-hybridized carbons (Fsp3) is 0.455. The summed E-state index contributed by atoms with van der Waals surface area (Å²) in [5.41, 5.74) is 0.571. The second-order valence-electron chi connectivity index (χ2n) is 3.63. The Labute approximate surface area is 87.9 Å². The number of aliphatic hydroxyl groups is 1. The van der Waals surface area contributed by atoms with Crippen LogP contribution < -0.4 is 5.32 Å². The molecule has 4 heteroatoms. The number of aliphatic hydroxyl groups excluding tert-OH is 1. The minimum atomic E-state index is -0.256. The topological polar surface area (TPSA) is 41.5 Å². The minimum absolute atomic E-state index is 0.0342. The molecule has 0 spiro atoms. The Morgan fingerprint density at radius 1 is 1.47 bits per heavy atom. The van der Waals surface area contributed by atoms with Gasteiger partial charge in [0.2, 0.25) is 0 Å². The molecule has 1 fully saturated rings. The second-order valence-corrected chi connectivity index (χ2v) is 3.63. The quantitative estimate of drug-likeness (QED) is 0.762. The number of hydrogen-bond acceptors (Lipinski definition) is 3. The molecule has 0 bridgehead atoms. The van der Waals surface area contributed by atoms with Gasteiger partial charge in [-0.1, -0.05) is 18.2 Å². The highest BCUT2D eigenvalue weighted by Gasteiger charge is 2.23. The van der Waals surface area contributed by atoms with Crippen molar-refractivity contribution in [3.05, 3.63) is 35.6 Å². The van der Waals surface area contributed by atoms with Crippen LogP contribution in [0.2, 0.25) is 0 Å². The molecule has 3 nitrogen and oxygen atoms in total. The van der Waals surface area contributed by atoms with Crippen molar-refractivity contribution >= 4 is 0 Å². The molecule has 0 radical (unpaired) electrons. The fourth-order valence-corrected chi connectivity index (χ4v) is 1.68. The molecule has 15 heavy (non-hydrogen) atoms. The van der Waals surface area contributed by atoms with Gasteiger partial charge in [-0.05, 0) is 6.07 Å². The van der Waals surface area contributed by atoms with Gasteiger partial charge in [-0.15, -0.1) is 0 Å². The first-order valence-corrected chi connectivity index (χ1v) is 5.01. The number of halogens is 1. The lowest BCUT2D eigenvalue weighted by molar-refractivity contribution is -0.0111. The summed E-state index contributed by atoms with van der Waals surface area (Å²) in [4.78, 5) is 0. The van der Waals surface area contributed by atoms with Crippen LogP contribution in [0.3, 0.4) is 0 Å². The Kier molecular flexibility index (Phi) is 3.30. The summed E-state index contributed by atoms with van der Waals surface area (Å²) in [6, 6.07) is 6.57. The van der Waals surface area contributed by atoms with Gasteiger partial charge in [0, 0.05) is 12.1 Å². The van der Waals surface area contributed by atoms with E-state index < -0.39 is 0 Å². The number of ether oxygens (including phenoxy) is 1. The Balaban J connectivity index is 2.04. The molecule has 1 aliphatic rings. The maximum Gasteiger partial charge on any atom is 0.129 e. The summed E-state index contributed by atoms with van der Waals surface area (Å²) in [6.07, 6.45) is -0.256. The molecule has 0 aliphatic carbocycles. The molecule has 0 amide bonds. The van der Waals surface area contributed by atoms with E-state index in [0.29, 0.717) is 18.7 Å². The van der Waals surface area contributed by atoms with Crippen molar-refractivity contribution in [3.63, 3.8) is 0 Å². The van der Waals surface area contributed by atoms with Gasteiger partial charge >= 0.3 is 0 Å². The molecule has 2 rings (SSSR count). The third-order valence-electron chi connectivity index (χ3n) is 2.56. The monoisotopic (exact) mass is 211 g/mol. The fourth-order valence-electron chi connectivity index (χ4n) is 1.68. The summed E-state index contributed by atoms with van der Waals surface area (Å²) >= 11 is 0. The summed E-state index contributed by atoms with van der Waals surface area (Å²) in [5.74, 6) is -0.244. The number of morpholine rings is 1. The van der Waals surface area contributed by atoms with Gasteiger partial charge in [0.25, 0.3) is 0 Å². The summed E-state index contributed by atoms with van der Waals surface area (Å²) in [6.45, 7) is 0.992. The zero-order chi connectivity index (χ0) is 10.7. The Morgan fingerprint density at radius 2 is 2.27 bits per heavy atom. The highest BCUT2D eigenvalue weighted by molar-refractivity contribution is 5.20. The lowest BCUT2D eigenvalue weighted by atomic mass is 10.1. The summed E-state index contributed by atoms with van der Waals surface area (Å²) in [5, 5.41) is 12.0. The van der Waals surface area contributed by atoms with Crippen molar-refractivity contribution in [1.29, 1.82) is 0 Å². The van der Waals surface area contributed by atoms with Crippen LogP contribution in [0.5, 0.6) is 0 Å². The van der Waals surface area contributed by atoms with Crippen LogP contribution >= 0.6 is 0 Å². The van der Waals surface area contributed by atoms with E-state index in [9.17, 15) is 4.39 Å². The van der Waals surface area contributed by atoms with E-state index in [1.807, 2.05) is 0 Å². The third kappa shape index (κ3) is 2.34. The maximum atomic E-state index is 13.4. The Bertz CT molecular complexity index is 324. The van der Waals surface area contributed by atoms with Crippen LogP contribution in [-0.4, -0.2) is 30.9 Å². The molecule has 1 heterocycles. The van der Waals surface area contributed by atoms with Crippen LogP contribution in [0.25, 0.3) is 0 Å². The number of nitrogens with one attached hydrogen (secondary N) is 1. The van der Waals surface area contributed by atoms with Crippen LogP contribution in [0.15, 0.2) is 24.3 Å². The first kappa shape index (κ1) is 10.5. The van der Waals surface area contributed by atoms with Gasteiger partial charge in [-0.3, -0.25) is 0 Å². The minimum Gasteiger partial charge on any atom is -0.395 e. The molecule has 0 aromatic heterocycles. The third-order valence-corrected chi connectivity index (χ3v) is 2.56. The maximum absolute atomic E-state index is 13.4. The zero-order valence-electron chi connectivity index (χ0n) is 8.32. The summed E-state index contributed by atoms with van der Waals surface area (Å²) < 4.78 is 18.9. The van der Waals surface area contributed by atoms with Crippen molar-refractivity contribution in [2.24, 2.45) is 0 Å². The van der Waals surface area contributed by atoms with E-state index in [0.717, 1.165) is 0 Å². The van der Waals surface area contributed by atoms with Gasteiger partial charge in [0.1, 0.15) is 5.82 Å². The zero-order valence-corrected chi connectivity index (χ0v) is 8.32. The molecule has 2 N–H and O–H groups in total. The molecule has 1 aliphatic heterocycles. The smallest absolute Gasteiger partial charge is 0.129 e. The van der Waals surface area contributed by atoms with Crippen molar-refractivity contribution in [2.45, 2.75) is 12.1 Å². The first-order valence-electron chi connectivity index (χ1n) is 5.01. The van der Waals surface area contributed by atoms with E-state index in [-0.39, 0.29) is 24.6 Å². The van der Waals surface area contributed by atoms with Crippen LogP contribution in [0.1, 0.15) is 11.7 Å². The van der Waals surface area contributed by atoms with Gasteiger partial charge in [0.05, 0.1) is 25.4 Å². The lowest BCUT2D eigenvalue weighted by Crippen LogP contribution is -2.45. The predicted molar refractivity (Wildman–Crippen MR) is 54.0 cm³/mol. The van der Waals surface area contributed by atoms with E-state index in [1.165, 1.54) is 6.07 Å². The molecule has 0 saturated carbocycles. The highest BCUT2D eigenvalue weighted by Crippen LogP contribution is 2.22. The highest BCUT2D eigenvalue weighted by atomic mass is 19.1. The standard InChI is InChI=1S/C11H14FNO2/c12-10-4-2-1-3-9(10)11-5-13-8(6-14)7-15-11/h1-4,8,11,13-14H,5-7H2. The first-order chi connectivity index (χ1) is 7.31. The summed E-state index contributed by atoms with van der Waals surface area (Å²) in [7, 11) is 0. The normalized spacial score (nSPS) is 26.5. The van der Waals surface area contributed by atoms with Crippen LogP contribution in [0.4, 0.5) is 4.39 Å². The van der Waals surface area contributed by atoms with E-state index in [2.05, 4.69) is 5.32 Å². The average molecular weight is 211 g/mol. The largest absolute Gasteiger partial charge is 0.395 e. The van der Waals surface area contributed by atoms with Gasteiger partial charge in [-0.25, -0.2) is 4.39 Å². The molecule has 82 valence electrons. The van der Waals surface area contributed by atoms with Crippen LogP contribution in [0, 0.1) is 5.82 Å². The van der Waals surface area contributed by atoms with E-state index >= 15 is 0 Å². The number of benzene rings is 1. The Hall–Kier alpha value is -0.970. The van der Waals surface area contributed by atoms with Gasteiger partial charge in [-0.2, -0.15) is 0 Å². The molecule has 2 unspecified atom stereocenters. The van der Waals surface area contributed by atoms with Gasteiger partial charge < -0.3 is 15.2 Å². The average Bonchev–Trinajstić information content (AvgIpc) is 2.30. The molecular weight excluding hydrogens is 197 g/mol. The van der Waals surface area contributed by atoms with Crippen LogP contribution in [-0.2, 0) is 4.74 Å². The Morgan fingerprint density at radius 3 is 2.87 bits per heavy atom. The van der Waals surface area contributed by atoms with E-state index in [4.69, 9.17) is 9.84 Å². The van der Waals surface area contributed by atoms with Crippen molar-refractivity contribution in [1.82, 2.24) is 5.32 Å². The lowest BCUT2D eigenvalue weighted by Gasteiger charge is -2.29. The molecular formula is C11H14FNO2. The predicted octanol–water partition coefficient (Wildman–Crippen LogP) is 0.847. The van der Waals surface area contributed by atoms with Crippen molar-refractivity contribution < 1.29 is 14.2 Å². The molecule has 1 saturated heterocycles. The van der Waals surface area contributed by atoms with Crippen molar-refractivity contribution in [2.75, 3.05) is 19.8 Å². The van der Waals surface area contributed by atoms with Crippen molar-refractivity contribution in [3.8, 4) is 0 Å². The molecule has 1 aromatic carbocycles. The second kappa shape index (κ2) is 4.70.